The summed E-state index contributed by atoms with van der Waals surface area (Å²) in [4.78, 5) is 1.34. The predicted molar refractivity (Wildman–Crippen MR) is 69.3 cm³/mol. The second-order valence-electron chi connectivity index (χ2n) is 4.32. The number of rotatable bonds is 6. The van der Waals surface area contributed by atoms with Gasteiger partial charge in [0.05, 0.1) is 0 Å². The molecule has 1 aromatic carbocycles. The molecule has 1 nitrogen and oxygen atoms in total. The predicted octanol–water partition coefficient (Wildman–Crippen LogP) is 3.69. The van der Waals surface area contributed by atoms with Gasteiger partial charge in [0, 0.05) is 10.4 Å². The third-order valence-electron chi connectivity index (χ3n) is 2.51. The topological polar surface area (TPSA) is 26.0 Å². The Kier molecular flexibility index (Phi) is 5.20. The van der Waals surface area contributed by atoms with Gasteiger partial charge in [-0.2, -0.15) is 0 Å². The lowest BCUT2D eigenvalue weighted by Crippen LogP contribution is -2.36. The van der Waals surface area contributed by atoms with E-state index in [-0.39, 0.29) is 5.54 Å². The van der Waals surface area contributed by atoms with Crippen LogP contribution in [0.3, 0.4) is 0 Å². The Hall–Kier alpha value is -0.470. The summed E-state index contributed by atoms with van der Waals surface area (Å²) in [6.07, 6.45) is 3.37. The zero-order valence-electron chi connectivity index (χ0n) is 9.70. The van der Waals surface area contributed by atoms with Crippen molar-refractivity contribution in [2.24, 2.45) is 5.73 Å². The lowest BCUT2D eigenvalue weighted by Gasteiger charge is -2.23. The Labute approximate surface area is 97.4 Å². The molecule has 0 bridgehead atoms. The first-order valence-corrected chi connectivity index (χ1v) is 6.59. The van der Waals surface area contributed by atoms with Crippen LogP contribution in [0.1, 0.15) is 33.1 Å². The first-order chi connectivity index (χ1) is 7.14. The maximum absolute atomic E-state index is 6.18. The highest BCUT2D eigenvalue weighted by atomic mass is 32.2. The van der Waals surface area contributed by atoms with Crippen molar-refractivity contribution in [2.45, 2.75) is 43.5 Å². The highest BCUT2D eigenvalue weighted by molar-refractivity contribution is 7.99. The fourth-order valence-electron chi connectivity index (χ4n) is 1.61. The number of thioether (sulfide) groups is 1. The summed E-state index contributed by atoms with van der Waals surface area (Å²) >= 11 is 1.89. The van der Waals surface area contributed by atoms with Crippen LogP contribution in [-0.2, 0) is 0 Å². The second kappa shape index (κ2) is 6.19. The smallest absolute Gasteiger partial charge is 0.0133 e. The Balaban J connectivity index is 2.27. The molecular weight excluding hydrogens is 202 g/mol. The molecule has 84 valence electrons. The van der Waals surface area contributed by atoms with Gasteiger partial charge in [-0.3, -0.25) is 0 Å². The van der Waals surface area contributed by atoms with Gasteiger partial charge in [-0.1, -0.05) is 31.5 Å². The van der Waals surface area contributed by atoms with Crippen molar-refractivity contribution < 1.29 is 0 Å². The number of hydrogen-bond acceptors (Lipinski definition) is 2. The van der Waals surface area contributed by atoms with E-state index < -0.39 is 0 Å². The molecule has 1 atom stereocenters. The Morgan fingerprint density at radius 2 is 1.87 bits per heavy atom. The fraction of sp³-hybridized carbons (Fsp3) is 0.538. The summed E-state index contributed by atoms with van der Waals surface area (Å²) in [6, 6.07) is 10.5. The fourth-order valence-corrected chi connectivity index (χ4v) is 2.77. The number of hydrogen-bond donors (Lipinski definition) is 1. The molecule has 0 aromatic heterocycles. The average Bonchev–Trinajstić information content (AvgIpc) is 2.19. The summed E-state index contributed by atoms with van der Waals surface area (Å²) in [5, 5.41) is 0. The van der Waals surface area contributed by atoms with E-state index in [1.54, 1.807) is 0 Å². The Morgan fingerprint density at radius 1 is 1.20 bits per heavy atom. The van der Waals surface area contributed by atoms with E-state index in [0.717, 1.165) is 18.6 Å². The average molecular weight is 223 g/mol. The van der Waals surface area contributed by atoms with Crippen LogP contribution < -0.4 is 5.73 Å². The molecule has 0 saturated heterocycles. The van der Waals surface area contributed by atoms with Crippen LogP contribution in [0.5, 0.6) is 0 Å². The van der Waals surface area contributed by atoms with Crippen LogP contribution in [0.15, 0.2) is 35.2 Å². The highest BCUT2D eigenvalue weighted by Gasteiger charge is 2.16. The molecule has 2 heteroatoms. The highest BCUT2D eigenvalue weighted by Crippen LogP contribution is 2.22. The largest absolute Gasteiger partial charge is 0.325 e. The van der Waals surface area contributed by atoms with Crippen LogP contribution in [0.2, 0.25) is 0 Å². The zero-order chi connectivity index (χ0) is 11.1. The summed E-state index contributed by atoms with van der Waals surface area (Å²) in [5.41, 5.74) is 6.19. The molecule has 1 rings (SSSR count). The minimum Gasteiger partial charge on any atom is -0.325 e. The molecule has 0 radical (unpaired) electrons. The maximum Gasteiger partial charge on any atom is 0.0133 e. The van der Waals surface area contributed by atoms with Gasteiger partial charge in [0.25, 0.3) is 0 Å². The standard InChI is InChI=1S/C13H21NS/c1-3-9-13(2,14)10-11-15-12-7-5-4-6-8-12/h4-8H,3,9-11,14H2,1-2H3. The van der Waals surface area contributed by atoms with Crippen LogP contribution in [0.4, 0.5) is 0 Å². The summed E-state index contributed by atoms with van der Waals surface area (Å²) in [7, 11) is 0. The molecule has 0 saturated carbocycles. The van der Waals surface area contributed by atoms with Crippen LogP contribution in [0.25, 0.3) is 0 Å². The number of nitrogens with two attached hydrogens (primary N) is 1. The summed E-state index contributed by atoms with van der Waals surface area (Å²) in [6.45, 7) is 4.34. The lowest BCUT2D eigenvalue weighted by atomic mass is 9.95. The van der Waals surface area contributed by atoms with E-state index in [1.165, 1.54) is 11.3 Å². The molecule has 1 unspecified atom stereocenters. The van der Waals surface area contributed by atoms with Gasteiger partial charge in [0.15, 0.2) is 0 Å². The first-order valence-electron chi connectivity index (χ1n) is 5.61. The van der Waals surface area contributed by atoms with E-state index in [9.17, 15) is 0 Å². The molecule has 0 amide bonds. The van der Waals surface area contributed by atoms with Crippen molar-refractivity contribution in [1.82, 2.24) is 0 Å². The summed E-state index contributed by atoms with van der Waals surface area (Å²) < 4.78 is 0. The molecule has 0 spiro atoms. The van der Waals surface area contributed by atoms with Gasteiger partial charge in [0.1, 0.15) is 0 Å². The van der Waals surface area contributed by atoms with E-state index in [4.69, 9.17) is 5.73 Å². The minimum absolute atomic E-state index is 0.0104. The molecule has 0 aliphatic heterocycles. The van der Waals surface area contributed by atoms with Crippen LogP contribution >= 0.6 is 11.8 Å². The van der Waals surface area contributed by atoms with Gasteiger partial charge in [-0.25, -0.2) is 0 Å². The number of benzene rings is 1. The zero-order valence-corrected chi connectivity index (χ0v) is 10.5. The Morgan fingerprint density at radius 3 is 2.47 bits per heavy atom. The van der Waals surface area contributed by atoms with Gasteiger partial charge >= 0.3 is 0 Å². The van der Waals surface area contributed by atoms with Crippen molar-refractivity contribution in [2.75, 3.05) is 5.75 Å². The van der Waals surface area contributed by atoms with Crippen LogP contribution in [-0.4, -0.2) is 11.3 Å². The quantitative estimate of drug-likeness (QED) is 0.744. The van der Waals surface area contributed by atoms with E-state index in [1.807, 2.05) is 17.8 Å². The van der Waals surface area contributed by atoms with E-state index in [2.05, 4.69) is 38.1 Å². The Bertz CT molecular complexity index is 269. The third-order valence-corrected chi connectivity index (χ3v) is 3.52. The molecule has 1 aromatic rings. The van der Waals surface area contributed by atoms with Crippen molar-refractivity contribution in [1.29, 1.82) is 0 Å². The first kappa shape index (κ1) is 12.6. The monoisotopic (exact) mass is 223 g/mol. The normalized spacial score (nSPS) is 14.9. The molecule has 0 fully saturated rings. The van der Waals surface area contributed by atoms with Crippen molar-refractivity contribution in [3.05, 3.63) is 30.3 Å². The van der Waals surface area contributed by atoms with E-state index in [0.29, 0.717) is 0 Å². The van der Waals surface area contributed by atoms with Crippen molar-refractivity contribution in [3.8, 4) is 0 Å². The SMILES string of the molecule is CCCC(C)(N)CCSc1ccccc1. The molecule has 0 aliphatic carbocycles. The van der Waals surface area contributed by atoms with Crippen molar-refractivity contribution in [3.63, 3.8) is 0 Å². The van der Waals surface area contributed by atoms with Gasteiger partial charge < -0.3 is 5.73 Å². The minimum atomic E-state index is 0.0104. The molecular formula is C13H21NS. The van der Waals surface area contributed by atoms with Gasteiger partial charge in [-0.15, -0.1) is 11.8 Å². The van der Waals surface area contributed by atoms with Crippen molar-refractivity contribution >= 4 is 11.8 Å². The van der Waals surface area contributed by atoms with Crippen LogP contribution in [0, 0.1) is 0 Å². The van der Waals surface area contributed by atoms with Gasteiger partial charge in [-0.05, 0) is 37.7 Å². The van der Waals surface area contributed by atoms with Gasteiger partial charge in [0.2, 0.25) is 0 Å². The second-order valence-corrected chi connectivity index (χ2v) is 5.48. The molecule has 2 N–H and O–H groups in total. The van der Waals surface area contributed by atoms with E-state index >= 15 is 0 Å². The molecule has 0 aliphatic rings. The molecule has 0 heterocycles. The maximum atomic E-state index is 6.18. The molecule has 15 heavy (non-hydrogen) atoms. The summed E-state index contributed by atoms with van der Waals surface area (Å²) in [5.74, 6) is 1.11. The third kappa shape index (κ3) is 5.24. The lowest BCUT2D eigenvalue weighted by molar-refractivity contribution is 0.417.